The predicted molar refractivity (Wildman–Crippen MR) is 54.6 cm³/mol. The molecule has 0 spiro atoms. The van der Waals surface area contributed by atoms with Crippen LogP contribution in [0, 0.1) is 0 Å². The van der Waals surface area contributed by atoms with Crippen LogP contribution >= 0.6 is 22.9 Å². The van der Waals surface area contributed by atoms with Gasteiger partial charge in [0.2, 0.25) is 0 Å². The summed E-state index contributed by atoms with van der Waals surface area (Å²) in [6, 6.07) is 0. The van der Waals surface area contributed by atoms with E-state index in [0.29, 0.717) is 0 Å². The molecule has 0 saturated carbocycles. The summed E-state index contributed by atoms with van der Waals surface area (Å²) in [6.07, 6.45) is 0. The predicted octanol–water partition coefficient (Wildman–Crippen LogP) is 0.772. The number of nitrogens with zero attached hydrogens (tertiary/aromatic N) is 2. The highest BCUT2D eigenvalue weighted by atomic mass is 35.5. The average molecular weight is 251 g/mol. The normalized spacial score (nSPS) is 9.93. The number of carboxylic acids is 2. The highest BCUT2D eigenvalue weighted by molar-refractivity contribution is 7.14. The van der Waals surface area contributed by atoms with Gasteiger partial charge in [-0.15, -0.1) is 11.3 Å². The molecule has 2 N–H and O–H groups in total. The van der Waals surface area contributed by atoms with Crippen molar-refractivity contribution in [3.63, 3.8) is 0 Å². The van der Waals surface area contributed by atoms with E-state index in [9.17, 15) is 9.59 Å². The number of halogens is 1. The molecule has 1 aromatic heterocycles. The fourth-order valence-electron chi connectivity index (χ4n) is 0.908. The van der Waals surface area contributed by atoms with Crippen LogP contribution in [-0.2, 0) is 9.59 Å². The van der Waals surface area contributed by atoms with Gasteiger partial charge in [0.25, 0.3) is 0 Å². The van der Waals surface area contributed by atoms with E-state index < -0.39 is 25.0 Å². The van der Waals surface area contributed by atoms with Crippen molar-refractivity contribution in [1.29, 1.82) is 0 Å². The molecule has 0 atom stereocenters. The topological polar surface area (TPSA) is 90.7 Å². The minimum Gasteiger partial charge on any atom is -0.480 e. The molecule has 0 fully saturated rings. The van der Waals surface area contributed by atoms with E-state index in [-0.39, 0.29) is 10.3 Å². The third-order valence-corrected chi connectivity index (χ3v) is 2.61. The zero-order chi connectivity index (χ0) is 11.4. The van der Waals surface area contributed by atoms with Crippen LogP contribution in [-0.4, -0.2) is 40.2 Å². The zero-order valence-corrected chi connectivity index (χ0v) is 8.96. The van der Waals surface area contributed by atoms with Gasteiger partial charge in [0.05, 0.1) is 0 Å². The summed E-state index contributed by atoms with van der Waals surface area (Å²) in [6.45, 7) is -0.841. The van der Waals surface area contributed by atoms with Crippen LogP contribution in [0.5, 0.6) is 0 Å². The quantitative estimate of drug-likeness (QED) is 0.802. The summed E-state index contributed by atoms with van der Waals surface area (Å²) in [7, 11) is 0. The number of aliphatic carboxylic acids is 2. The lowest BCUT2D eigenvalue weighted by atomic mass is 10.5. The smallest absolute Gasteiger partial charge is 0.323 e. The van der Waals surface area contributed by atoms with Crippen molar-refractivity contribution in [3.8, 4) is 0 Å². The molecule has 0 unspecified atom stereocenters. The monoisotopic (exact) mass is 250 g/mol. The molecule has 0 amide bonds. The molecular formula is C7H7ClN2O4S. The third kappa shape index (κ3) is 3.72. The van der Waals surface area contributed by atoms with E-state index in [0.717, 1.165) is 16.2 Å². The van der Waals surface area contributed by atoms with Crippen molar-refractivity contribution in [3.05, 3.63) is 10.5 Å². The van der Waals surface area contributed by atoms with Gasteiger partial charge in [0.1, 0.15) is 18.2 Å². The van der Waals surface area contributed by atoms with E-state index in [2.05, 4.69) is 4.98 Å². The first-order valence-electron chi connectivity index (χ1n) is 3.78. The Hall–Kier alpha value is -1.34. The first-order chi connectivity index (χ1) is 6.99. The molecule has 0 saturated heterocycles. The summed E-state index contributed by atoms with van der Waals surface area (Å²) < 4.78 is 0. The number of thiazole rings is 1. The van der Waals surface area contributed by atoms with Crippen molar-refractivity contribution in [2.24, 2.45) is 0 Å². The minimum absolute atomic E-state index is 0.218. The van der Waals surface area contributed by atoms with E-state index in [1.807, 2.05) is 0 Å². The maximum atomic E-state index is 10.5. The fourth-order valence-corrected chi connectivity index (χ4v) is 1.86. The van der Waals surface area contributed by atoms with Gasteiger partial charge in [-0.1, -0.05) is 11.6 Å². The van der Waals surface area contributed by atoms with E-state index in [1.165, 1.54) is 5.38 Å². The lowest BCUT2D eigenvalue weighted by Crippen LogP contribution is -2.34. The lowest BCUT2D eigenvalue weighted by Gasteiger charge is -2.16. The Balaban J connectivity index is 2.80. The standard InChI is InChI=1S/C7H7ClN2O4S/c8-4-3-15-7(9-4)10(1-5(11)12)2-6(13)14/h3H,1-2H2,(H,11,12)(H,13,14). The van der Waals surface area contributed by atoms with Gasteiger partial charge in [0, 0.05) is 5.38 Å². The summed E-state index contributed by atoms with van der Waals surface area (Å²) in [5, 5.41) is 19.2. The maximum Gasteiger partial charge on any atom is 0.323 e. The SMILES string of the molecule is O=C(O)CN(CC(=O)O)c1nc(Cl)cs1. The number of carboxylic acid groups (broad SMARTS) is 2. The molecule has 0 aliphatic heterocycles. The van der Waals surface area contributed by atoms with Crippen LogP contribution in [0.4, 0.5) is 5.13 Å². The Labute approximate surface area is 93.7 Å². The first kappa shape index (κ1) is 11.7. The number of carbonyl (C=O) groups is 2. The minimum atomic E-state index is -1.12. The molecule has 0 aromatic carbocycles. The second-order valence-electron chi connectivity index (χ2n) is 2.60. The van der Waals surface area contributed by atoms with Gasteiger partial charge in [-0.3, -0.25) is 9.59 Å². The number of aromatic nitrogens is 1. The van der Waals surface area contributed by atoms with E-state index in [1.54, 1.807) is 0 Å². The van der Waals surface area contributed by atoms with Crippen LogP contribution in [0.1, 0.15) is 0 Å². The van der Waals surface area contributed by atoms with Crippen LogP contribution < -0.4 is 4.90 Å². The fraction of sp³-hybridized carbons (Fsp3) is 0.286. The number of anilines is 1. The van der Waals surface area contributed by atoms with Crippen LogP contribution in [0.2, 0.25) is 5.15 Å². The highest BCUT2D eigenvalue weighted by Gasteiger charge is 2.16. The van der Waals surface area contributed by atoms with Gasteiger partial charge in [-0.05, 0) is 0 Å². The summed E-state index contributed by atoms with van der Waals surface area (Å²) >= 11 is 6.65. The molecule has 8 heteroatoms. The number of hydrogen-bond acceptors (Lipinski definition) is 5. The summed E-state index contributed by atoms with van der Waals surface area (Å²) in [4.78, 5) is 25.9. The second-order valence-corrected chi connectivity index (χ2v) is 3.82. The van der Waals surface area contributed by atoms with E-state index >= 15 is 0 Å². The number of hydrogen-bond donors (Lipinski definition) is 2. The molecule has 1 aromatic rings. The Morgan fingerprint density at radius 3 is 2.27 bits per heavy atom. The van der Waals surface area contributed by atoms with Crippen LogP contribution in [0.3, 0.4) is 0 Å². The van der Waals surface area contributed by atoms with E-state index in [4.69, 9.17) is 21.8 Å². The van der Waals surface area contributed by atoms with Crippen molar-refractivity contribution in [2.75, 3.05) is 18.0 Å². The molecule has 6 nitrogen and oxygen atoms in total. The average Bonchev–Trinajstić information content (AvgIpc) is 2.48. The van der Waals surface area contributed by atoms with Gasteiger partial charge < -0.3 is 15.1 Å². The van der Waals surface area contributed by atoms with Crippen molar-refractivity contribution >= 4 is 40.0 Å². The Morgan fingerprint density at radius 1 is 1.40 bits per heavy atom. The van der Waals surface area contributed by atoms with Gasteiger partial charge in [0.15, 0.2) is 5.13 Å². The first-order valence-corrected chi connectivity index (χ1v) is 5.04. The molecule has 0 aliphatic rings. The van der Waals surface area contributed by atoms with Crippen LogP contribution in [0.25, 0.3) is 0 Å². The molecule has 0 aliphatic carbocycles. The van der Waals surface area contributed by atoms with Crippen molar-refractivity contribution < 1.29 is 19.8 Å². The van der Waals surface area contributed by atoms with Gasteiger partial charge in [-0.25, -0.2) is 4.98 Å². The maximum absolute atomic E-state index is 10.5. The molecular weight excluding hydrogens is 244 g/mol. The molecule has 0 radical (unpaired) electrons. The third-order valence-electron chi connectivity index (χ3n) is 1.39. The van der Waals surface area contributed by atoms with Crippen molar-refractivity contribution in [2.45, 2.75) is 0 Å². The summed E-state index contributed by atoms with van der Waals surface area (Å²) in [5.74, 6) is -2.25. The second kappa shape index (κ2) is 4.94. The number of rotatable bonds is 5. The zero-order valence-electron chi connectivity index (χ0n) is 7.38. The lowest BCUT2D eigenvalue weighted by molar-refractivity contribution is -0.136. The Morgan fingerprint density at radius 2 is 1.93 bits per heavy atom. The molecule has 82 valence electrons. The molecule has 1 rings (SSSR count). The van der Waals surface area contributed by atoms with Crippen LogP contribution in [0.15, 0.2) is 5.38 Å². The largest absolute Gasteiger partial charge is 0.480 e. The summed E-state index contributed by atoms with van der Waals surface area (Å²) in [5.41, 5.74) is 0. The Bertz CT molecular complexity index is 365. The molecule has 15 heavy (non-hydrogen) atoms. The molecule has 0 bridgehead atoms. The highest BCUT2D eigenvalue weighted by Crippen LogP contribution is 2.22. The van der Waals surface area contributed by atoms with Crippen molar-refractivity contribution in [1.82, 2.24) is 4.98 Å². The molecule has 1 heterocycles. The van der Waals surface area contributed by atoms with Gasteiger partial charge in [-0.2, -0.15) is 0 Å². The Kier molecular flexibility index (Phi) is 3.87. The van der Waals surface area contributed by atoms with Gasteiger partial charge >= 0.3 is 11.9 Å².